The summed E-state index contributed by atoms with van der Waals surface area (Å²) >= 11 is 0. The minimum absolute atomic E-state index is 0.146. The van der Waals surface area contributed by atoms with E-state index in [1.807, 2.05) is 20.9 Å². The van der Waals surface area contributed by atoms with E-state index in [0.29, 0.717) is 30.6 Å². The molecule has 1 saturated heterocycles. The maximum absolute atomic E-state index is 11.5. The fourth-order valence-electron chi connectivity index (χ4n) is 4.87. The van der Waals surface area contributed by atoms with Crippen LogP contribution in [0.5, 0.6) is 5.88 Å². The lowest BCUT2D eigenvalue weighted by molar-refractivity contribution is 0.00578. The van der Waals surface area contributed by atoms with Gasteiger partial charge in [-0.3, -0.25) is 4.68 Å². The molecule has 8 heteroatoms. The van der Waals surface area contributed by atoms with E-state index < -0.39 is 11.2 Å². The minimum Gasteiger partial charge on any atom is -0.474 e. The van der Waals surface area contributed by atoms with Crippen LogP contribution in [0.1, 0.15) is 80.3 Å². The Morgan fingerprint density at radius 1 is 1.19 bits per heavy atom. The smallest absolute Gasteiger partial charge is 0.474 e. The van der Waals surface area contributed by atoms with E-state index in [4.69, 9.17) is 14.0 Å². The van der Waals surface area contributed by atoms with Crippen molar-refractivity contribution in [3.8, 4) is 5.88 Å². The molecule has 4 rings (SSSR count). The monoisotopic (exact) mass is 448 g/mol. The molecule has 1 aromatic heterocycles. The molecule has 0 radical (unpaired) electrons. The first-order valence-electron chi connectivity index (χ1n) is 11.9. The molecule has 180 valence electrons. The van der Waals surface area contributed by atoms with Gasteiger partial charge in [0.15, 0.2) is 0 Å². The van der Waals surface area contributed by atoms with E-state index in [2.05, 4.69) is 38.9 Å². The molecular weight excluding hydrogens is 407 g/mol. The van der Waals surface area contributed by atoms with Crippen molar-refractivity contribution in [2.24, 2.45) is 18.9 Å². The summed E-state index contributed by atoms with van der Waals surface area (Å²) in [6, 6.07) is 1.80. The molecule has 2 N–H and O–H groups in total. The van der Waals surface area contributed by atoms with E-state index in [1.165, 1.54) is 5.47 Å². The summed E-state index contributed by atoms with van der Waals surface area (Å²) in [7, 11) is 1.52. The minimum atomic E-state index is -0.939. The number of aromatic nitrogens is 2. The van der Waals surface area contributed by atoms with Gasteiger partial charge in [-0.1, -0.05) is 19.9 Å². The molecule has 7 nitrogen and oxygen atoms in total. The third-order valence-electron chi connectivity index (χ3n) is 7.17. The Balaban J connectivity index is 0.00000141. The average molecular weight is 448 g/mol. The van der Waals surface area contributed by atoms with Gasteiger partial charge in [-0.25, -0.2) is 0 Å². The van der Waals surface area contributed by atoms with E-state index in [1.54, 1.807) is 24.6 Å². The van der Waals surface area contributed by atoms with Gasteiger partial charge in [-0.05, 0) is 78.1 Å². The molecule has 2 fully saturated rings. The Morgan fingerprint density at radius 2 is 1.78 bits per heavy atom. The van der Waals surface area contributed by atoms with Crippen LogP contribution in [0.4, 0.5) is 0 Å². The van der Waals surface area contributed by atoms with Crippen LogP contribution in [0.3, 0.4) is 0 Å². The van der Waals surface area contributed by atoms with E-state index in [9.17, 15) is 10.2 Å². The van der Waals surface area contributed by atoms with Gasteiger partial charge in [-0.2, -0.15) is 0 Å². The van der Waals surface area contributed by atoms with Crippen molar-refractivity contribution in [1.82, 2.24) is 9.78 Å². The number of aliphatic hydroxyl groups is 2. The van der Waals surface area contributed by atoms with Crippen molar-refractivity contribution >= 4 is 7.12 Å². The van der Waals surface area contributed by atoms with Crippen LogP contribution in [0, 0.1) is 11.8 Å². The number of fused-ring (bicyclic) bond motifs is 1. The van der Waals surface area contributed by atoms with E-state index >= 15 is 0 Å². The number of allylic oxidation sites excluding steroid dienone is 2. The van der Waals surface area contributed by atoms with Crippen LogP contribution in [-0.4, -0.2) is 50.5 Å². The number of hydrogen-bond donors (Lipinski definition) is 2. The summed E-state index contributed by atoms with van der Waals surface area (Å²) in [6.45, 7) is 15.8. The normalized spacial score (nSPS) is 30.6. The quantitative estimate of drug-likeness (QED) is 0.667. The molecule has 1 aromatic rings. The summed E-state index contributed by atoms with van der Waals surface area (Å²) in [5.74, 6) is 1.08. The molecule has 1 aliphatic heterocycles. The molecule has 0 spiro atoms. The topological polar surface area (TPSA) is 86.0 Å². The Labute approximate surface area is 193 Å². The number of ether oxygens (including phenoxy) is 1. The first-order valence-corrected chi connectivity index (χ1v) is 11.9. The molecule has 1 saturated carbocycles. The van der Waals surface area contributed by atoms with Crippen LogP contribution in [0.25, 0.3) is 0 Å². The highest BCUT2D eigenvalue weighted by atomic mass is 16.7. The van der Waals surface area contributed by atoms with Gasteiger partial charge in [-0.15, -0.1) is 5.10 Å². The Kier molecular flexibility index (Phi) is 6.68. The number of rotatable bonds is 5. The summed E-state index contributed by atoms with van der Waals surface area (Å²) in [6.07, 6.45) is 4.45. The van der Waals surface area contributed by atoms with Crippen molar-refractivity contribution in [2.75, 3.05) is 6.61 Å². The van der Waals surface area contributed by atoms with Crippen LogP contribution in [-0.2, 0) is 22.0 Å². The lowest BCUT2D eigenvalue weighted by Crippen LogP contribution is -2.41. The van der Waals surface area contributed by atoms with Crippen molar-refractivity contribution in [2.45, 2.75) is 97.1 Å². The van der Waals surface area contributed by atoms with Crippen molar-refractivity contribution in [1.29, 1.82) is 0 Å². The van der Waals surface area contributed by atoms with Crippen LogP contribution in [0.15, 0.2) is 17.6 Å². The van der Waals surface area contributed by atoms with Gasteiger partial charge in [0.05, 0.1) is 22.5 Å². The second-order valence-corrected chi connectivity index (χ2v) is 11.0. The van der Waals surface area contributed by atoms with E-state index in [-0.39, 0.29) is 24.9 Å². The highest BCUT2D eigenvalue weighted by molar-refractivity contribution is 6.54. The molecule has 0 amide bonds. The predicted molar refractivity (Wildman–Crippen MR) is 125 cm³/mol. The average Bonchev–Trinajstić information content (AvgIpc) is 3.35. The van der Waals surface area contributed by atoms with Crippen molar-refractivity contribution < 1.29 is 24.3 Å². The predicted octanol–water partition coefficient (Wildman–Crippen LogP) is 3.77. The number of nitrogens with zero attached hydrogens (tertiary/aromatic N) is 2. The second-order valence-electron chi connectivity index (χ2n) is 11.0. The summed E-state index contributed by atoms with van der Waals surface area (Å²) < 4.78 is 19.8. The van der Waals surface area contributed by atoms with Gasteiger partial charge >= 0.3 is 7.12 Å². The Bertz CT molecular complexity index is 841. The molecule has 3 atom stereocenters. The zero-order valence-corrected chi connectivity index (χ0v) is 21.2. The summed E-state index contributed by atoms with van der Waals surface area (Å²) in [5, 5.41) is 25.7. The molecule has 2 heterocycles. The molecule has 3 unspecified atom stereocenters. The molecule has 0 aromatic carbocycles. The van der Waals surface area contributed by atoms with E-state index in [0.717, 1.165) is 12.1 Å². The lowest BCUT2D eigenvalue weighted by atomic mass is 9.76. The van der Waals surface area contributed by atoms with Crippen LogP contribution in [0.2, 0.25) is 0 Å². The van der Waals surface area contributed by atoms with Crippen LogP contribution < -0.4 is 4.74 Å². The third-order valence-corrected chi connectivity index (χ3v) is 7.17. The lowest BCUT2D eigenvalue weighted by Gasteiger charge is -2.32. The first kappa shape index (κ1) is 25.3. The van der Waals surface area contributed by atoms with Gasteiger partial charge in [0.2, 0.25) is 5.88 Å². The molecule has 2 aliphatic carbocycles. The number of aryl methyl sites for hydroxylation is 1. The highest BCUT2D eigenvalue weighted by Gasteiger charge is 2.55. The molecular formula is C24H41BN2O5. The summed E-state index contributed by atoms with van der Waals surface area (Å²) in [5.41, 5.74) is -0.603. The SMILES string of the molecule is CC.Cn1nc(OCC(C)(C)O)cc1C1(O)CC2C=C(B3OC(C)(C)C(C)(C)O3)CC2C1. The molecule has 32 heavy (non-hydrogen) atoms. The third kappa shape index (κ3) is 4.79. The second kappa shape index (κ2) is 8.46. The molecule has 0 bridgehead atoms. The van der Waals surface area contributed by atoms with Gasteiger partial charge in [0.1, 0.15) is 12.2 Å². The molecule has 3 aliphatic rings. The highest BCUT2D eigenvalue weighted by Crippen LogP contribution is 2.53. The zero-order chi connectivity index (χ0) is 24.1. The zero-order valence-electron chi connectivity index (χ0n) is 21.2. The summed E-state index contributed by atoms with van der Waals surface area (Å²) in [4.78, 5) is 0. The fraction of sp³-hybridized carbons (Fsp3) is 0.792. The van der Waals surface area contributed by atoms with Gasteiger partial charge in [0, 0.05) is 13.1 Å². The Hall–Kier alpha value is -1.35. The Morgan fingerprint density at radius 3 is 2.31 bits per heavy atom. The fourth-order valence-corrected chi connectivity index (χ4v) is 4.87. The largest absolute Gasteiger partial charge is 0.490 e. The number of hydrogen-bond acceptors (Lipinski definition) is 6. The van der Waals surface area contributed by atoms with Crippen molar-refractivity contribution in [3.63, 3.8) is 0 Å². The standard InChI is InChI=1S/C22H35BN2O5.C2H6/c1-19(2,26)13-28-18-10-17(25(7)24-18)22(27)11-14-8-16(9-15(14)12-22)23-29-20(3,4)21(5,6)30-23;1-2/h8,10,14-15,26-27H,9,11-13H2,1-7H3;1-2H3. The van der Waals surface area contributed by atoms with Crippen molar-refractivity contribution in [3.05, 3.63) is 23.3 Å². The van der Waals surface area contributed by atoms with Gasteiger partial charge < -0.3 is 24.3 Å². The van der Waals surface area contributed by atoms with Crippen LogP contribution >= 0.6 is 0 Å². The maximum atomic E-state index is 11.5. The van der Waals surface area contributed by atoms with Gasteiger partial charge in [0.25, 0.3) is 0 Å². The first-order chi connectivity index (χ1) is 14.7. The maximum Gasteiger partial charge on any atom is 0.490 e.